The predicted octanol–water partition coefficient (Wildman–Crippen LogP) is 3.52. The first-order valence-corrected chi connectivity index (χ1v) is 11.3. The number of anilines is 1. The van der Waals surface area contributed by atoms with E-state index in [9.17, 15) is 4.79 Å². The van der Waals surface area contributed by atoms with Crippen LogP contribution in [0.3, 0.4) is 0 Å². The van der Waals surface area contributed by atoms with Gasteiger partial charge in [-0.3, -0.25) is 4.79 Å². The van der Waals surface area contributed by atoms with Crippen molar-refractivity contribution < 1.29 is 4.79 Å². The fourth-order valence-electron chi connectivity index (χ4n) is 4.05. The summed E-state index contributed by atoms with van der Waals surface area (Å²) < 4.78 is 3.37. The summed E-state index contributed by atoms with van der Waals surface area (Å²) in [4.78, 5) is 21.4. The maximum absolute atomic E-state index is 12.2. The van der Waals surface area contributed by atoms with Gasteiger partial charge in [0.2, 0.25) is 11.9 Å². The first-order chi connectivity index (χ1) is 14.3. The van der Waals surface area contributed by atoms with Gasteiger partial charge in [0, 0.05) is 35.7 Å². The number of nitrogens with one attached hydrogen (secondary N) is 2. The largest absolute Gasteiger partial charge is 0.359 e. The second-order valence-electron chi connectivity index (χ2n) is 7.88. The van der Waals surface area contributed by atoms with Crippen molar-refractivity contribution in [3.05, 3.63) is 39.0 Å². The number of carbonyl (C=O) groups is 1. The standard InChI is InChI=1S/C20H23Br2N7O/c1-20(18(30)24-2)4-3-13(8-20)26-19-25-10-15-16(22)28-29(17(15)27-19)14-6-11(9-23)5-12(21)7-14/h5-7,10,13H,3-4,8-9,23H2,1-2H3,(H,24,30)(H,25,26,27)/t13-,20-/m1/s1. The van der Waals surface area contributed by atoms with E-state index in [2.05, 4.69) is 52.6 Å². The number of carbonyl (C=O) groups excluding carboxylic acids is 1. The molecule has 4 N–H and O–H groups in total. The molecule has 8 nitrogen and oxygen atoms in total. The predicted molar refractivity (Wildman–Crippen MR) is 123 cm³/mol. The number of amides is 1. The Balaban J connectivity index is 1.66. The van der Waals surface area contributed by atoms with Gasteiger partial charge >= 0.3 is 0 Å². The number of benzene rings is 1. The van der Waals surface area contributed by atoms with Gasteiger partial charge in [-0.1, -0.05) is 22.9 Å². The molecule has 0 spiro atoms. The van der Waals surface area contributed by atoms with E-state index in [1.165, 1.54) is 0 Å². The lowest BCUT2D eigenvalue weighted by molar-refractivity contribution is -0.129. The number of fused-ring (bicyclic) bond motifs is 1. The van der Waals surface area contributed by atoms with Crippen LogP contribution in [0.25, 0.3) is 16.7 Å². The molecular weight excluding hydrogens is 514 g/mol. The number of aromatic nitrogens is 4. The van der Waals surface area contributed by atoms with Crippen LogP contribution < -0.4 is 16.4 Å². The average Bonchev–Trinajstić information content (AvgIpc) is 3.27. The average molecular weight is 537 g/mol. The minimum Gasteiger partial charge on any atom is -0.359 e. The Bertz CT molecular complexity index is 1120. The Labute approximate surface area is 191 Å². The SMILES string of the molecule is CNC(=O)[C@]1(C)CC[C@@H](Nc2ncc3c(Br)nn(-c4cc(Br)cc(CN)c4)c3n2)C1. The zero-order valence-electron chi connectivity index (χ0n) is 16.7. The van der Waals surface area contributed by atoms with Crippen molar-refractivity contribution in [1.82, 2.24) is 25.1 Å². The van der Waals surface area contributed by atoms with E-state index >= 15 is 0 Å². The second kappa shape index (κ2) is 8.24. The van der Waals surface area contributed by atoms with Crippen molar-refractivity contribution in [1.29, 1.82) is 0 Å². The molecule has 0 saturated heterocycles. The monoisotopic (exact) mass is 535 g/mol. The van der Waals surface area contributed by atoms with Gasteiger partial charge < -0.3 is 16.4 Å². The number of nitrogens with zero attached hydrogens (tertiary/aromatic N) is 4. The topological polar surface area (TPSA) is 111 Å². The van der Waals surface area contributed by atoms with Crippen molar-refractivity contribution in [3.8, 4) is 5.69 Å². The third-order valence-electron chi connectivity index (χ3n) is 5.65. The summed E-state index contributed by atoms with van der Waals surface area (Å²) in [6, 6.07) is 6.08. The first-order valence-electron chi connectivity index (χ1n) is 9.73. The van der Waals surface area contributed by atoms with Crippen LogP contribution in [-0.4, -0.2) is 38.7 Å². The molecule has 0 bridgehead atoms. The number of hydrogen-bond acceptors (Lipinski definition) is 6. The zero-order chi connectivity index (χ0) is 21.5. The molecule has 1 aliphatic carbocycles. The molecule has 2 heterocycles. The Hall–Kier alpha value is -2.04. The molecule has 0 aliphatic heterocycles. The summed E-state index contributed by atoms with van der Waals surface area (Å²) in [7, 11) is 1.68. The summed E-state index contributed by atoms with van der Waals surface area (Å²) in [6.07, 6.45) is 4.21. The minimum atomic E-state index is -0.365. The fraction of sp³-hybridized carbons (Fsp3) is 0.400. The molecule has 30 heavy (non-hydrogen) atoms. The maximum Gasteiger partial charge on any atom is 0.225 e. The third kappa shape index (κ3) is 3.95. The molecule has 4 rings (SSSR count). The van der Waals surface area contributed by atoms with Gasteiger partial charge in [0.25, 0.3) is 0 Å². The van der Waals surface area contributed by atoms with E-state index in [1.807, 2.05) is 25.1 Å². The van der Waals surface area contributed by atoms with Crippen molar-refractivity contribution >= 4 is 54.7 Å². The lowest BCUT2D eigenvalue weighted by atomic mass is 9.87. The molecule has 3 aromatic rings. The number of rotatable bonds is 5. The van der Waals surface area contributed by atoms with E-state index in [0.717, 1.165) is 40.4 Å². The smallest absolute Gasteiger partial charge is 0.225 e. The molecular formula is C20H23Br2N7O. The summed E-state index contributed by atoms with van der Waals surface area (Å²) in [5.74, 6) is 0.604. The minimum absolute atomic E-state index is 0.0792. The molecule has 1 fully saturated rings. The van der Waals surface area contributed by atoms with E-state index in [1.54, 1.807) is 17.9 Å². The van der Waals surface area contributed by atoms with E-state index in [4.69, 9.17) is 10.7 Å². The van der Waals surface area contributed by atoms with Gasteiger partial charge in [-0.05, 0) is 59.0 Å². The summed E-state index contributed by atoms with van der Waals surface area (Å²) in [6.45, 7) is 2.44. The zero-order valence-corrected chi connectivity index (χ0v) is 19.9. The van der Waals surface area contributed by atoms with Crippen LogP contribution in [0.2, 0.25) is 0 Å². The van der Waals surface area contributed by atoms with Gasteiger partial charge in [0.15, 0.2) is 5.65 Å². The van der Waals surface area contributed by atoms with Crippen molar-refractivity contribution in [2.45, 2.75) is 38.8 Å². The molecule has 158 valence electrons. The molecule has 2 aromatic heterocycles. The second-order valence-corrected chi connectivity index (χ2v) is 9.55. The molecule has 1 amide bonds. The summed E-state index contributed by atoms with van der Waals surface area (Å²) in [5.41, 5.74) is 8.00. The van der Waals surface area contributed by atoms with Crippen LogP contribution in [0, 0.1) is 5.41 Å². The van der Waals surface area contributed by atoms with Crippen molar-refractivity contribution in [2.75, 3.05) is 12.4 Å². The van der Waals surface area contributed by atoms with E-state index in [-0.39, 0.29) is 17.4 Å². The van der Waals surface area contributed by atoms with Crippen LogP contribution in [0.5, 0.6) is 0 Å². The van der Waals surface area contributed by atoms with Gasteiger partial charge in [-0.25, -0.2) is 9.67 Å². The van der Waals surface area contributed by atoms with Crippen LogP contribution in [0.15, 0.2) is 33.5 Å². The number of hydrogen-bond donors (Lipinski definition) is 3. The van der Waals surface area contributed by atoms with E-state index in [0.29, 0.717) is 22.7 Å². The highest BCUT2D eigenvalue weighted by Crippen LogP contribution is 2.39. The first kappa shape index (κ1) is 21.2. The third-order valence-corrected chi connectivity index (χ3v) is 6.70. The fourth-order valence-corrected chi connectivity index (χ4v) is 5.01. The van der Waals surface area contributed by atoms with Gasteiger partial charge in [0.1, 0.15) is 4.60 Å². The summed E-state index contributed by atoms with van der Waals surface area (Å²) >= 11 is 7.04. The molecule has 1 aromatic carbocycles. The molecule has 0 unspecified atom stereocenters. The Morgan fingerprint density at radius 1 is 1.37 bits per heavy atom. The Morgan fingerprint density at radius 3 is 2.90 bits per heavy atom. The molecule has 10 heteroatoms. The van der Waals surface area contributed by atoms with Crippen LogP contribution in [-0.2, 0) is 11.3 Å². The van der Waals surface area contributed by atoms with Crippen molar-refractivity contribution in [2.24, 2.45) is 11.1 Å². The maximum atomic E-state index is 12.2. The molecule has 0 radical (unpaired) electrons. The van der Waals surface area contributed by atoms with Crippen molar-refractivity contribution in [3.63, 3.8) is 0 Å². The van der Waals surface area contributed by atoms with Gasteiger partial charge in [-0.15, -0.1) is 0 Å². The van der Waals surface area contributed by atoms with Crippen LogP contribution >= 0.6 is 31.9 Å². The lowest BCUT2D eigenvalue weighted by Crippen LogP contribution is -2.35. The molecule has 1 saturated carbocycles. The highest BCUT2D eigenvalue weighted by atomic mass is 79.9. The molecule has 1 aliphatic rings. The number of nitrogens with two attached hydrogens (primary N) is 1. The van der Waals surface area contributed by atoms with Crippen LogP contribution in [0.4, 0.5) is 5.95 Å². The lowest BCUT2D eigenvalue weighted by Gasteiger charge is -2.22. The normalized spacial score (nSPS) is 21.2. The van der Waals surface area contributed by atoms with Crippen LogP contribution in [0.1, 0.15) is 31.7 Å². The Kier molecular flexibility index (Phi) is 5.82. The highest BCUT2D eigenvalue weighted by molar-refractivity contribution is 9.10. The number of halogens is 2. The van der Waals surface area contributed by atoms with Gasteiger partial charge in [0.05, 0.1) is 11.1 Å². The summed E-state index contributed by atoms with van der Waals surface area (Å²) in [5, 5.41) is 11.6. The quantitative estimate of drug-likeness (QED) is 0.460. The Morgan fingerprint density at radius 2 is 2.17 bits per heavy atom. The highest BCUT2D eigenvalue weighted by Gasteiger charge is 2.40. The van der Waals surface area contributed by atoms with Gasteiger partial charge in [-0.2, -0.15) is 10.1 Å². The van der Waals surface area contributed by atoms with E-state index < -0.39 is 0 Å². The molecule has 2 atom stereocenters.